The lowest BCUT2D eigenvalue weighted by molar-refractivity contribution is 0.581. The largest absolute Gasteiger partial charge is 0.242 e. The van der Waals surface area contributed by atoms with Crippen LogP contribution in [0, 0.1) is 0 Å². The van der Waals surface area contributed by atoms with Crippen LogP contribution in [-0.4, -0.2) is 34.8 Å². The number of hydrogen-bond donors (Lipinski definition) is 1. The predicted molar refractivity (Wildman–Crippen MR) is 79.0 cm³/mol. The van der Waals surface area contributed by atoms with Gasteiger partial charge in [-0.3, -0.25) is 0 Å². The molecule has 2 heterocycles. The number of benzene rings is 1. The van der Waals surface area contributed by atoms with Crippen molar-refractivity contribution in [3.05, 3.63) is 40.6 Å². The van der Waals surface area contributed by atoms with Crippen molar-refractivity contribution in [2.45, 2.75) is 11.3 Å². The van der Waals surface area contributed by atoms with Gasteiger partial charge in [-0.25, -0.2) is 13.1 Å². The lowest BCUT2D eigenvalue weighted by Gasteiger charge is -2.07. The van der Waals surface area contributed by atoms with Crippen LogP contribution >= 0.6 is 22.9 Å². The van der Waals surface area contributed by atoms with E-state index < -0.39 is 10.0 Å². The number of aromatic nitrogens is 4. The summed E-state index contributed by atoms with van der Waals surface area (Å²) in [6.45, 7) is 0.234. The van der Waals surface area contributed by atoms with E-state index in [1.807, 2.05) is 0 Å². The first-order valence-corrected chi connectivity index (χ1v) is 8.64. The molecule has 7 nitrogen and oxygen atoms in total. The predicted octanol–water partition coefficient (Wildman–Crippen LogP) is 1.36. The number of sulfonamides is 1. The van der Waals surface area contributed by atoms with Crippen LogP contribution in [0.15, 0.2) is 35.5 Å². The van der Waals surface area contributed by atoms with Crippen molar-refractivity contribution in [2.24, 2.45) is 0 Å². The molecule has 0 fully saturated rings. The van der Waals surface area contributed by atoms with Gasteiger partial charge in [0.15, 0.2) is 0 Å². The van der Waals surface area contributed by atoms with Gasteiger partial charge in [-0.2, -0.15) is 9.61 Å². The zero-order chi connectivity index (χ0) is 14.9. The van der Waals surface area contributed by atoms with E-state index in [0.717, 1.165) is 5.01 Å². The minimum absolute atomic E-state index is 0.0739. The van der Waals surface area contributed by atoms with E-state index in [2.05, 4.69) is 20.0 Å². The monoisotopic (exact) mass is 343 g/mol. The molecule has 21 heavy (non-hydrogen) atoms. The molecule has 0 radical (unpaired) electrons. The number of rotatable bonds is 5. The molecule has 0 unspecified atom stereocenters. The van der Waals surface area contributed by atoms with E-state index in [-0.39, 0.29) is 16.5 Å². The third-order valence-corrected chi connectivity index (χ3v) is 5.62. The highest BCUT2D eigenvalue weighted by molar-refractivity contribution is 7.89. The second kappa shape index (κ2) is 5.68. The number of hydrogen-bond acceptors (Lipinski definition) is 6. The van der Waals surface area contributed by atoms with Crippen LogP contribution in [0.1, 0.15) is 5.01 Å². The van der Waals surface area contributed by atoms with Crippen LogP contribution in [-0.2, 0) is 16.4 Å². The van der Waals surface area contributed by atoms with Gasteiger partial charge in [0.1, 0.15) is 16.2 Å². The Hall–Kier alpha value is -1.55. The zero-order valence-electron chi connectivity index (χ0n) is 10.6. The number of nitrogens with one attached hydrogen (secondary N) is 1. The first-order chi connectivity index (χ1) is 10.1. The van der Waals surface area contributed by atoms with Gasteiger partial charge in [0.05, 0.1) is 5.02 Å². The maximum Gasteiger partial charge on any atom is 0.242 e. The molecule has 0 saturated carbocycles. The summed E-state index contributed by atoms with van der Waals surface area (Å²) in [5, 5.41) is 12.8. The van der Waals surface area contributed by atoms with E-state index in [4.69, 9.17) is 11.6 Å². The van der Waals surface area contributed by atoms with Crippen molar-refractivity contribution in [2.75, 3.05) is 6.54 Å². The molecular formula is C11H10ClN5O2S2. The maximum absolute atomic E-state index is 12.1. The lowest BCUT2D eigenvalue weighted by Crippen LogP contribution is -2.26. The molecule has 2 aromatic heterocycles. The van der Waals surface area contributed by atoms with Crippen molar-refractivity contribution in [1.29, 1.82) is 0 Å². The quantitative estimate of drug-likeness (QED) is 0.755. The molecule has 3 aromatic rings. The second-order valence-corrected chi connectivity index (χ2v) is 7.32. The van der Waals surface area contributed by atoms with E-state index in [1.165, 1.54) is 23.7 Å². The Bertz CT molecular complexity index is 845. The Labute approximate surface area is 129 Å². The summed E-state index contributed by atoms with van der Waals surface area (Å²) < 4.78 is 28.3. The number of nitrogens with zero attached hydrogens (tertiary/aromatic N) is 4. The smallest absolute Gasteiger partial charge is 0.211 e. The Morgan fingerprint density at radius 3 is 2.90 bits per heavy atom. The van der Waals surface area contributed by atoms with Gasteiger partial charge >= 0.3 is 0 Å². The van der Waals surface area contributed by atoms with Gasteiger partial charge < -0.3 is 0 Å². The molecule has 10 heteroatoms. The zero-order valence-corrected chi connectivity index (χ0v) is 13.0. The van der Waals surface area contributed by atoms with E-state index in [0.29, 0.717) is 11.4 Å². The first kappa shape index (κ1) is 14.4. The molecule has 0 bridgehead atoms. The Morgan fingerprint density at radius 2 is 2.14 bits per heavy atom. The molecule has 0 amide bonds. The maximum atomic E-state index is 12.1. The summed E-state index contributed by atoms with van der Waals surface area (Å²) in [6, 6.07) is 6.32. The fraction of sp³-hybridized carbons (Fsp3) is 0.182. The average Bonchev–Trinajstić information content (AvgIpc) is 2.99. The molecule has 1 N–H and O–H groups in total. The Balaban J connectivity index is 1.67. The SMILES string of the molecule is O=S(=O)(NCCc1nn2cnnc2s1)c1ccccc1Cl. The molecule has 110 valence electrons. The Morgan fingerprint density at radius 1 is 1.33 bits per heavy atom. The van der Waals surface area contributed by atoms with Crippen LogP contribution in [0.4, 0.5) is 0 Å². The normalized spacial score (nSPS) is 12.0. The summed E-state index contributed by atoms with van der Waals surface area (Å²) in [7, 11) is -3.62. The van der Waals surface area contributed by atoms with Crippen molar-refractivity contribution < 1.29 is 8.42 Å². The third kappa shape index (κ3) is 3.05. The van der Waals surface area contributed by atoms with Gasteiger partial charge in [0.25, 0.3) is 0 Å². The first-order valence-electron chi connectivity index (χ1n) is 5.96. The molecule has 0 aliphatic rings. The van der Waals surface area contributed by atoms with Crippen molar-refractivity contribution >= 4 is 37.9 Å². The summed E-state index contributed by atoms with van der Waals surface area (Å²) >= 11 is 7.27. The Kier molecular flexibility index (Phi) is 3.89. The summed E-state index contributed by atoms with van der Waals surface area (Å²) in [6.07, 6.45) is 1.97. The van der Waals surface area contributed by atoms with Crippen LogP contribution < -0.4 is 4.72 Å². The average molecular weight is 344 g/mol. The topological polar surface area (TPSA) is 89.2 Å². The highest BCUT2D eigenvalue weighted by atomic mass is 35.5. The van der Waals surface area contributed by atoms with E-state index in [1.54, 1.807) is 22.7 Å². The molecule has 0 aliphatic carbocycles. The van der Waals surface area contributed by atoms with E-state index >= 15 is 0 Å². The van der Waals surface area contributed by atoms with Crippen molar-refractivity contribution in [1.82, 2.24) is 24.5 Å². The molecular weight excluding hydrogens is 334 g/mol. The second-order valence-electron chi connectivity index (χ2n) is 4.13. The molecule has 1 aromatic carbocycles. The third-order valence-electron chi connectivity index (χ3n) is 2.69. The number of fused-ring (bicyclic) bond motifs is 1. The summed E-state index contributed by atoms with van der Waals surface area (Å²) in [4.78, 5) is 0.753. The highest BCUT2D eigenvalue weighted by Gasteiger charge is 2.17. The van der Waals surface area contributed by atoms with E-state index in [9.17, 15) is 8.42 Å². The molecule has 0 atom stereocenters. The summed E-state index contributed by atoms with van der Waals surface area (Å²) in [5.41, 5.74) is 0. The van der Waals surface area contributed by atoms with Crippen molar-refractivity contribution in [3.63, 3.8) is 0 Å². The van der Waals surface area contributed by atoms with Gasteiger partial charge in [-0.15, -0.1) is 10.2 Å². The standard InChI is InChI=1S/C11H10ClN5O2S2/c12-8-3-1-2-4-9(8)21(18,19)14-6-5-10-16-17-7-13-15-11(17)20-10/h1-4,7,14H,5-6H2. The minimum Gasteiger partial charge on any atom is -0.211 e. The molecule has 0 spiro atoms. The molecule has 0 saturated heterocycles. The van der Waals surface area contributed by atoms with Crippen LogP contribution in [0.2, 0.25) is 5.02 Å². The van der Waals surface area contributed by atoms with Crippen LogP contribution in [0.25, 0.3) is 4.96 Å². The fourth-order valence-electron chi connectivity index (χ4n) is 1.73. The lowest BCUT2D eigenvalue weighted by atomic mass is 10.4. The van der Waals surface area contributed by atoms with Gasteiger partial charge in [0, 0.05) is 13.0 Å². The van der Waals surface area contributed by atoms with Crippen molar-refractivity contribution in [3.8, 4) is 0 Å². The minimum atomic E-state index is -3.62. The van der Waals surface area contributed by atoms with Gasteiger partial charge in [0.2, 0.25) is 15.0 Å². The molecule has 0 aliphatic heterocycles. The highest BCUT2D eigenvalue weighted by Crippen LogP contribution is 2.20. The van der Waals surface area contributed by atoms with Crippen LogP contribution in [0.5, 0.6) is 0 Å². The molecule has 3 rings (SSSR count). The number of halogens is 1. The van der Waals surface area contributed by atoms with Crippen LogP contribution in [0.3, 0.4) is 0 Å². The van der Waals surface area contributed by atoms with Gasteiger partial charge in [-0.1, -0.05) is 35.1 Å². The summed E-state index contributed by atoms with van der Waals surface area (Å²) in [5.74, 6) is 0. The van der Waals surface area contributed by atoms with Gasteiger partial charge in [-0.05, 0) is 12.1 Å². The fourth-order valence-corrected chi connectivity index (χ4v) is 4.10.